The van der Waals surface area contributed by atoms with Crippen molar-refractivity contribution in [1.82, 2.24) is 0 Å². The molecule has 0 radical (unpaired) electrons. The van der Waals surface area contributed by atoms with Gasteiger partial charge in [0.15, 0.2) is 0 Å². The molecule has 0 bridgehead atoms. The molecule has 5 aliphatic rings. The van der Waals surface area contributed by atoms with E-state index in [9.17, 15) is 5.48 Å². The minimum atomic E-state index is -0.431. The molecule has 0 N–H and O–H groups in total. The highest BCUT2D eigenvalue weighted by Crippen LogP contribution is 2.56. The fourth-order valence-corrected chi connectivity index (χ4v) is 15.4. The van der Waals surface area contributed by atoms with Crippen molar-refractivity contribution in [2.75, 3.05) is 14.7 Å². The maximum Gasteiger partial charge on any atom is 0.297 e. The van der Waals surface area contributed by atoms with Crippen LogP contribution in [-0.4, -0.2) is 6.71 Å². The standard InChI is InChI=1S/C77H84BN3O/c1-47-38-57-60(76(13,14)36-34-73(57,7)8)45-64(47)81-63-31-27-50(71(2,3)4)40-62(63)78-68-65(42-54(43-66(68)81)79(51-24-18-17-19-25-51)52-28-26-48-22-20-21-23-49(48)39-52)80(53-29-30-56-58(41-53)74(9,10)33-32-72(56,5)6)69-55-44-59-61(46-67(55)82-70(69)78)77(15,16)37-35-75(59,11)12/h17-31,38-46H,32-37H2,1-16H3/i17D,18D,19D,24D,25D. The third-order valence-corrected chi connectivity index (χ3v) is 20.9. The summed E-state index contributed by atoms with van der Waals surface area (Å²) < 4.78 is 55.0. The summed E-state index contributed by atoms with van der Waals surface area (Å²) in [5.74, 6) is 0. The molecule has 0 saturated heterocycles. The molecule has 3 aliphatic carbocycles. The second-order valence-electron chi connectivity index (χ2n) is 30.3. The van der Waals surface area contributed by atoms with Crippen LogP contribution in [0.4, 0.5) is 51.2 Å². The Morgan fingerprint density at radius 2 is 1.05 bits per heavy atom. The predicted octanol–water partition coefficient (Wildman–Crippen LogP) is 19.8. The van der Waals surface area contributed by atoms with Crippen LogP contribution in [0.15, 0.2) is 150 Å². The molecular formula is C77H84BN3O. The Kier molecular flexibility index (Phi) is 10.2. The number of hydrogen-bond donors (Lipinski definition) is 0. The molecule has 0 saturated carbocycles. The monoisotopic (exact) mass is 1080 g/mol. The van der Waals surface area contributed by atoms with Crippen molar-refractivity contribution in [1.29, 1.82) is 0 Å². The van der Waals surface area contributed by atoms with Gasteiger partial charge in [-0.15, -0.1) is 0 Å². The molecular weight excluding hydrogens is 994 g/mol. The van der Waals surface area contributed by atoms with Crippen molar-refractivity contribution >= 4 is 96.2 Å². The highest BCUT2D eigenvalue weighted by Gasteiger charge is 2.50. The first-order valence-electron chi connectivity index (χ1n) is 32.9. The quantitative estimate of drug-likeness (QED) is 0.160. The van der Waals surface area contributed by atoms with Gasteiger partial charge in [0.2, 0.25) is 0 Å². The molecule has 4 nitrogen and oxygen atoms in total. The maximum absolute atomic E-state index is 9.87. The number of anilines is 9. The first-order valence-corrected chi connectivity index (χ1v) is 30.4. The van der Waals surface area contributed by atoms with E-state index in [2.05, 4.69) is 218 Å². The summed E-state index contributed by atoms with van der Waals surface area (Å²) >= 11 is 0. The van der Waals surface area contributed by atoms with Crippen LogP contribution < -0.4 is 31.3 Å². The van der Waals surface area contributed by atoms with Crippen LogP contribution in [0.2, 0.25) is 0 Å². The first-order chi connectivity index (χ1) is 40.7. The minimum absolute atomic E-state index is 0.0233. The summed E-state index contributed by atoms with van der Waals surface area (Å²) in [7, 11) is 0. The molecule has 0 unspecified atom stereocenters. The van der Waals surface area contributed by atoms with Crippen LogP contribution in [0.1, 0.15) is 194 Å². The Morgan fingerprint density at radius 3 is 1.68 bits per heavy atom. The molecule has 5 heteroatoms. The zero-order valence-electron chi connectivity index (χ0n) is 56.5. The van der Waals surface area contributed by atoms with E-state index < -0.39 is 6.04 Å². The average molecular weight is 1080 g/mol. The number of hydrogen-bond acceptors (Lipinski definition) is 4. The van der Waals surface area contributed by atoms with Crippen LogP contribution in [0.3, 0.4) is 0 Å². The van der Waals surface area contributed by atoms with E-state index in [1.807, 2.05) is 23.1 Å². The van der Waals surface area contributed by atoms with Crippen LogP contribution in [0, 0.1) is 6.92 Å². The van der Waals surface area contributed by atoms with Gasteiger partial charge >= 0.3 is 0 Å². The van der Waals surface area contributed by atoms with Gasteiger partial charge in [-0.2, -0.15) is 0 Å². The van der Waals surface area contributed by atoms with Crippen LogP contribution >= 0.6 is 0 Å². The van der Waals surface area contributed by atoms with Crippen molar-refractivity contribution in [2.45, 2.75) is 187 Å². The van der Waals surface area contributed by atoms with E-state index in [1.165, 1.54) is 38.9 Å². The molecule has 3 heterocycles. The van der Waals surface area contributed by atoms with Gasteiger partial charge < -0.3 is 19.1 Å². The largest absolute Gasteiger partial charge is 0.468 e. The summed E-state index contributed by atoms with van der Waals surface area (Å²) in [6.07, 6.45) is 6.43. The van der Waals surface area contributed by atoms with E-state index in [0.717, 1.165) is 117 Å². The van der Waals surface area contributed by atoms with E-state index >= 15 is 0 Å². The molecule has 1 aromatic heterocycles. The highest BCUT2D eigenvalue weighted by atomic mass is 16.3. The van der Waals surface area contributed by atoms with Crippen LogP contribution in [0.25, 0.3) is 21.7 Å². The van der Waals surface area contributed by atoms with E-state index in [4.69, 9.17) is 5.79 Å². The SMILES string of the molecule is [2H]c1c([2H])c([2H])c(N(c2cc3c4c(c2)N(c2ccc5c(c2)C(C)(C)CCC5(C)C)c2c(oc5cc6c(cc25)C(C)(C)CCC6(C)C)B4c2cc(C(C)(C)C)ccc2N3c2cc3c(cc2C)C(C)(C)CCC3(C)C)c2ccc3ccccc3c2)c([2H])c1[2H]. The number of aryl methyl sites for hydroxylation is 1. The van der Waals surface area contributed by atoms with Gasteiger partial charge in [-0.25, -0.2) is 0 Å². The summed E-state index contributed by atoms with van der Waals surface area (Å²) in [6, 6.07) is 41.4. The Labute approximate surface area is 497 Å². The Morgan fingerprint density at radius 1 is 0.488 bits per heavy atom. The summed E-state index contributed by atoms with van der Waals surface area (Å²) in [6.45, 7) is 37.6. The fraction of sp³-hybridized carbons (Fsp3) is 0.377. The van der Waals surface area contributed by atoms with Gasteiger partial charge in [-0.1, -0.05) is 177 Å². The maximum atomic E-state index is 9.87. The number of para-hydroxylation sites is 1. The summed E-state index contributed by atoms with van der Waals surface area (Å²) in [5, 5.41) is 3.07. The Bertz CT molecular complexity index is 4430. The predicted molar refractivity (Wildman–Crippen MR) is 352 cm³/mol. The van der Waals surface area contributed by atoms with Gasteiger partial charge in [0.1, 0.15) is 5.58 Å². The van der Waals surface area contributed by atoms with Crippen molar-refractivity contribution in [3.05, 3.63) is 190 Å². The van der Waals surface area contributed by atoms with Crippen molar-refractivity contribution in [3.8, 4) is 0 Å². The number of rotatable bonds is 5. The van der Waals surface area contributed by atoms with Gasteiger partial charge in [0.25, 0.3) is 6.71 Å². The average Bonchev–Trinajstić information content (AvgIpc) is 1.68. The normalized spacial score (nSPS) is 20.0. The zero-order valence-corrected chi connectivity index (χ0v) is 51.5. The lowest BCUT2D eigenvalue weighted by molar-refractivity contribution is 0.332. The van der Waals surface area contributed by atoms with Crippen molar-refractivity contribution in [2.24, 2.45) is 0 Å². The number of benzene rings is 8. The second-order valence-corrected chi connectivity index (χ2v) is 30.3. The van der Waals surface area contributed by atoms with Crippen molar-refractivity contribution < 1.29 is 11.3 Å². The van der Waals surface area contributed by atoms with Gasteiger partial charge in [-0.05, 0) is 222 Å². The molecule has 14 rings (SSSR count). The van der Waals surface area contributed by atoms with Gasteiger partial charge in [-0.3, -0.25) is 0 Å². The molecule has 0 fully saturated rings. The topological polar surface area (TPSA) is 22.9 Å². The molecule has 416 valence electrons. The lowest BCUT2D eigenvalue weighted by Gasteiger charge is -2.46. The molecule has 2 aliphatic heterocycles. The van der Waals surface area contributed by atoms with E-state index in [0.29, 0.717) is 11.4 Å². The smallest absolute Gasteiger partial charge is 0.297 e. The molecule has 0 atom stereocenters. The minimum Gasteiger partial charge on any atom is -0.468 e. The fourth-order valence-electron chi connectivity index (χ4n) is 15.4. The number of nitrogens with zero attached hydrogens (tertiary/aromatic N) is 3. The lowest BCUT2D eigenvalue weighted by Crippen LogP contribution is -2.61. The molecule has 0 amide bonds. The summed E-state index contributed by atoms with van der Waals surface area (Å²) in [5.41, 5.74) is 21.4. The van der Waals surface area contributed by atoms with Gasteiger partial charge in [0.05, 0.1) is 23.9 Å². The Balaban J connectivity index is 1.19. The lowest BCUT2D eigenvalue weighted by atomic mass is 9.35. The molecule has 9 aromatic rings. The van der Waals surface area contributed by atoms with E-state index in [1.54, 1.807) is 0 Å². The highest BCUT2D eigenvalue weighted by molar-refractivity contribution is 7.00. The van der Waals surface area contributed by atoms with Crippen LogP contribution in [-0.2, 0) is 37.9 Å². The zero-order chi connectivity index (χ0) is 61.9. The second kappa shape index (κ2) is 17.5. The molecule has 8 aromatic carbocycles. The Hall–Kier alpha value is -6.98. The van der Waals surface area contributed by atoms with E-state index in [-0.39, 0.29) is 74.5 Å². The summed E-state index contributed by atoms with van der Waals surface area (Å²) in [4.78, 5) is 6.97. The number of furan rings is 1. The molecule has 82 heavy (non-hydrogen) atoms. The number of fused-ring (bicyclic) bond motifs is 10. The van der Waals surface area contributed by atoms with Crippen LogP contribution in [0.5, 0.6) is 0 Å². The third kappa shape index (κ3) is 7.97. The molecule has 0 spiro atoms. The third-order valence-electron chi connectivity index (χ3n) is 20.9. The van der Waals surface area contributed by atoms with Crippen molar-refractivity contribution in [3.63, 3.8) is 0 Å². The van der Waals surface area contributed by atoms with Gasteiger partial charge in [0, 0.05) is 45.2 Å². The first kappa shape index (κ1) is 47.5.